The van der Waals surface area contributed by atoms with E-state index in [1.807, 2.05) is 20.8 Å². The van der Waals surface area contributed by atoms with Crippen LogP contribution in [0, 0.1) is 11.8 Å². The van der Waals surface area contributed by atoms with Gasteiger partial charge in [0, 0.05) is 6.54 Å². The smallest absolute Gasteiger partial charge is 0.310 e. The Morgan fingerprint density at radius 1 is 1.47 bits per heavy atom. The van der Waals surface area contributed by atoms with E-state index < -0.39 is 5.60 Å². The Bertz CT molecular complexity index is 216. The van der Waals surface area contributed by atoms with Gasteiger partial charge >= 0.3 is 5.97 Å². The number of ether oxygens (including phenoxy) is 1. The number of hydrogen-bond acceptors (Lipinski definition) is 3. The van der Waals surface area contributed by atoms with Crippen molar-refractivity contribution in [3.8, 4) is 0 Å². The van der Waals surface area contributed by atoms with Crippen LogP contribution in [-0.2, 0) is 9.53 Å². The van der Waals surface area contributed by atoms with E-state index in [4.69, 9.17) is 10.5 Å². The van der Waals surface area contributed by atoms with Crippen LogP contribution in [-0.4, -0.2) is 18.1 Å². The Morgan fingerprint density at radius 3 is 2.40 bits per heavy atom. The largest absolute Gasteiger partial charge is 0.460 e. The van der Waals surface area contributed by atoms with E-state index in [2.05, 4.69) is 0 Å². The van der Waals surface area contributed by atoms with Crippen LogP contribution in [0.2, 0.25) is 0 Å². The van der Waals surface area contributed by atoms with Crippen LogP contribution in [0.1, 0.15) is 46.5 Å². The van der Waals surface area contributed by atoms with Crippen LogP contribution in [0.3, 0.4) is 0 Å². The van der Waals surface area contributed by atoms with Crippen LogP contribution in [0.5, 0.6) is 0 Å². The molecule has 0 aromatic carbocycles. The highest BCUT2D eigenvalue weighted by molar-refractivity contribution is 5.73. The molecule has 0 aromatic heterocycles. The maximum absolute atomic E-state index is 11.8. The lowest BCUT2D eigenvalue weighted by atomic mass is 9.79. The van der Waals surface area contributed by atoms with E-state index >= 15 is 0 Å². The molecule has 0 spiro atoms. The molecule has 3 nitrogen and oxygen atoms in total. The summed E-state index contributed by atoms with van der Waals surface area (Å²) in [5.41, 5.74) is 5.22. The lowest BCUT2D eigenvalue weighted by molar-refractivity contribution is -0.160. The van der Waals surface area contributed by atoms with Crippen molar-refractivity contribution in [2.75, 3.05) is 6.54 Å². The van der Waals surface area contributed by atoms with E-state index in [9.17, 15) is 4.79 Å². The predicted molar refractivity (Wildman–Crippen MR) is 60.3 cm³/mol. The molecule has 0 aromatic rings. The highest BCUT2D eigenvalue weighted by Crippen LogP contribution is 2.32. The van der Waals surface area contributed by atoms with Crippen molar-refractivity contribution in [2.24, 2.45) is 17.6 Å². The Labute approximate surface area is 92.4 Å². The first-order chi connectivity index (χ1) is 6.92. The molecule has 3 heteroatoms. The third kappa shape index (κ3) is 4.20. The van der Waals surface area contributed by atoms with E-state index in [1.54, 1.807) is 0 Å². The summed E-state index contributed by atoms with van der Waals surface area (Å²) < 4.78 is 5.34. The van der Waals surface area contributed by atoms with Gasteiger partial charge in [-0.1, -0.05) is 19.3 Å². The molecule has 1 fully saturated rings. The molecule has 0 amide bonds. The Balaban J connectivity index is 2.39. The highest BCUT2D eigenvalue weighted by atomic mass is 16.6. The van der Waals surface area contributed by atoms with Crippen LogP contribution in [0.25, 0.3) is 0 Å². The zero-order chi connectivity index (χ0) is 11.5. The fourth-order valence-corrected chi connectivity index (χ4v) is 1.80. The van der Waals surface area contributed by atoms with Crippen molar-refractivity contribution in [3.05, 3.63) is 0 Å². The monoisotopic (exact) mass is 213 g/mol. The second-order valence-electron chi connectivity index (χ2n) is 5.50. The third-order valence-electron chi connectivity index (χ3n) is 2.87. The van der Waals surface area contributed by atoms with Crippen molar-refractivity contribution in [1.82, 2.24) is 0 Å². The quantitative estimate of drug-likeness (QED) is 0.727. The van der Waals surface area contributed by atoms with Gasteiger partial charge in [0.05, 0.1) is 5.92 Å². The minimum Gasteiger partial charge on any atom is -0.460 e. The second kappa shape index (κ2) is 4.97. The minimum atomic E-state index is -0.399. The highest BCUT2D eigenvalue weighted by Gasteiger charge is 2.28. The molecule has 15 heavy (non-hydrogen) atoms. The lowest BCUT2D eigenvalue weighted by Gasteiger charge is -2.30. The van der Waals surface area contributed by atoms with Crippen molar-refractivity contribution in [3.63, 3.8) is 0 Å². The summed E-state index contributed by atoms with van der Waals surface area (Å²) in [4.78, 5) is 11.8. The maximum Gasteiger partial charge on any atom is 0.310 e. The van der Waals surface area contributed by atoms with Crippen LogP contribution < -0.4 is 5.73 Å². The molecule has 1 unspecified atom stereocenters. The molecule has 88 valence electrons. The summed E-state index contributed by atoms with van der Waals surface area (Å²) in [5, 5.41) is 0. The Morgan fingerprint density at radius 2 is 2.07 bits per heavy atom. The van der Waals surface area contributed by atoms with Gasteiger partial charge in [-0.05, 0) is 33.1 Å². The lowest BCUT2D eigenvalue weighted by Crippen LogP contribution is -2.34. The van der Waals surface area contributed by atoms with Gasteiger partial charge in [0.2, 0.25) is 0 Å². The van der Waals surface area contributed by atoms with Crippen LogP contribution in [0.15, 0.2) is 0 Å². The predicted octanol–water partition coefficient (Wildman–Crippen LogP) is 2.09. The first-order valence-electron chi connectivity index (χ1n) is 5.85. The zero-order valence-electron chi connectivity index (χ0n) is 10.1. The number of carbonyl (C=O) groups excluding carboxylic acids is 1. The van der Waals surface area contributed by atoms with Gasteiger partial charge in [-0.25, -0.2) is 0 Å². The molecule has 2 N–H and O–H groups in total. The molecular formula is C12H23NO2. The van der Waals surface area contributed by atoms with Crippen molar-refractivity contribution >= 4 is 5.97 Å². The molecule has 1 atom stereocenters. The molecule has 0 bridgehead atoms. The third-order valence-corrected chi connectivity index (χ3v) is 2.87. The summed E-state index contributed by atoms with van der Waals surface area (Å²) in [7, 11) is 0. The number of carbonyl (C=O) groups is 1. The van der Waals surface area contributed by atoms with Crippen molar-refractivity contribution in [1.29, 1.82) is 0 Å². The summed E-state index contributed by atoms with van der Waals surface area (Å²) in [6.45, 7) is 6.08. The molecule has 0 aliphatic heterocycles. The number of nitrogens with two attached hydrogens (primary N) is 1. The topological polar surface area (TPSA) is 52.3 Å². The molecular weight excluding hydrogens is 190 g/mol. The first kappa shape index (κ1) is 12.5. The molecule has 0 saturated heterocycles. The average Bonchev–Trinajstić information content (AvgIpc) is 1.98. The molecule has 1 rings (SSSR count). The standard InChI is InChI=1S/C12H23NO2/c1-12(2,3)15-11(14)10(8-13)7-9-5-4-6-9/h9-10H,4-8,13H2,1-3H3. The number of esters is 1. The molecule has 0 radical (unpaired) electrons. The fourth-order valence-electron chi connectivity index (χ4n) is 1.80. The van der Waals surface area contributed by atoms with Gasteiger partial charge in [0.25, 0.3) is 0 Å². The average molecular weight is 213 g/mol. The van der Waals surface area contributed by atoms with Gasteiger partial charge in [-0.15, -0.1) is 0 Å². The minimum absolute atomic E-state index is 0.102. The first-order valence-corrected chi connectivity index (χ1v) is 5.85. The van der Waals surface area contributed by atoms with Gasteiger partial charge in [-0.2, -0.15) is 0 Å². The fraction of sp³-hybridized carbons (Fsp3) is 0.917. The Hall–Kier alpha value is -0.570. The van der Waals surface area contributed by atoms with Crippen LogP contribution in [0.4, 0.5) is 0 Å². The van der Waals surface area contributed by atoms with Crippen molar-refractivity contribution in [2.45, 2.75) is 52.1 Å². The molecule has 0 heterocycles. The summed E-state index contributed by atoms with van der Waals surface area (Å²) in [6.07, 6.45) is 4.71. The maximum atomic E-state index is 11.8. The number of hydrogen-bond donors (Lipinski definition) is 1. The normalized spacial score (nSPS) is 19.5. The summed E-state index contributed by atoms with van der Waals surface area (Å²) in [6, 6.07) is 0. The SMILES string of the molecule is CC(C)(C)OC(=O)C(CN)CC1CCC1. The van der Waals surface area contributed by atoms with Crippen molar-refractivity contribution < 1.29 is 9.53 Å². The van der Waals surface area contributed by atoms with Gasteiger partial charge in [-0.3, -0.25) is 4.79 Å². The summed E-state index contributed by atoms with van der Waals surface area (Å²) in [5.74, 6) is 0.470. The van der Waals surface area contributed by atoms with Gasteiger partial charge in [0.15, 0.2) is 0 Å². The van der Waals surface area contributed by atoms with E-state index in [0.717, 1.165) is 6.42 Å². The number of rotatable bonds is 4. The molecule has 1 saturated carbocycles. The van der Waals surface area contributed by atoms with Gasteiger partial charge < -0.3 is 10.5 Å². The van der Waals surface area contributed by atoms with E-state index in [0.29, 0.717) is 12.5 Å². The molecule has 1 aliphatic rings. The Kier molecular flexibility index (Phi) is 4.14. The zero-order valence-corrected chi connectivity index (χ0v) is 10.1. The van der Waals surface area contributed by atoms with Gasteiger partial charge in [0.1, 0.15) is 5.60 Å². The summed E-state index contributed by atoms with van der Waals surface area (Å²) >= 11 is 0. The molecule has 1 aliphatic carbocycles. The van der Waals surface area contributed by atoms with Crippen LogP contribution >= 0.6 is 0 Å². The van der Waals surface area contributed by atoms with E-state index in [1.165, 1.54) is 19.3 Å². The second-order valence-corrected chi connectivity index (χ2v) is 5.50. The van der Waals surface area contributed by atoms with E-state index in [-0.39, 0.29) is 11.9 Å².